The molecule has 19 heavy (non-hydrogen) atoms. The normalized spacial score (nSPS) is 11.4. The molecule has 0 unspecified atom stereocenters. The lowest BCUT2D eigenvalue weighted by molar-refractivity contribution is -0.136. The van der Waals surface area contributed by atoms with Gasteiger partial charge in [-0.05, 0) is 36.8 Å². The van der Waals surface area contributed by atoms with E-state index in [0.29, 0.717) is 13.0 Å². The Morgan fingerprint density at radius 2 is 1.95 bits per heavy atom. The second-order valence-corrected chi connectivity index (χ2v) is 5.87. The summed E-state index contributed by atoms with van der Waals surface area (Å²) in [6, 6.07) is 4.12. The minimum Gasteiger partial charge on any atom is -0.493 e. The van der Waals surface area contributed by atoms with Crippen LogP contribution in [0.15, 0.2) is 12.1 Å². The molecule has 1 rings (SSSR count). The first kappa shape index (κ1) is 15.5. The lowest BCUT2D eigenvalue weighted by Gasteiger charge is -2.25. The topological polar surface area (TPSA) is 46.5 Å². The Balaban J connectivity index is 3.19. The van der Waals surface area contributed by atoms with Crippen molar-refractivity contribution in [2.45, 2.75) is 52.9 Å². The number of carboxylic acid groups (broad SMARTS) is 1. The Morgan fingerprint density at radius 1 is 1.32 bits per heavy atom. The van der Waals surface area contributed by atoms with Crippen molar-refractivity contribution in [2.75, 3.05) is 6.61 Å². The zero-order valence-corrected chi connectivity index (χ0v) is 12.5. The van der Waals surface area contributed by atoms with Gasteiger partial charge in [-0.2, -0.15) is 0 Å². The van der Waals surface area contributed by atoms with Gasteiger partial charge >= 0.3 is 5.97 Å². The summed E-state index contributed by atoms with van der Waals surface area (Å²) in [5, 5.41) is 8.79. The van der Waals surface area contributed by atoms with E-state index in [-0.39, 0.29) is 11.8 Å². The zero-order valence-electron chi connectivity index (χ0n) is 12.5. The van der Waals surface area contributed by atoms with Crippen molar-refractivity contribution in [3.8, 4) is 5.75 Å². The Hall–Kier alpha value is -1.51. The quantitative estimate of drug-likeness (QED) is 0.882. The van der Waals surface area contributed by atoms with Crippen molar-refractivity contribution >= 4 is 5.97 Å². The number of carbonyl (C=O) groups is 1. The maximum absolute atomic E-state index is 10.7. The first-order valence-corrected chi connectivity index (χ1v) is 6.74. The summed E-state index contributed by atoms with van der Waals surface area (Å²) in [7, 11) is 0. The van der Waals surface area contributed by atoms with Crippen molar-refractivity contribution in [1.82, 2.24) is 0 Å². The molecule has 0 saturated carbocycles. The molecule has 0 atom stereocenters. The lowest BCUT2D eigenvalue weighted by Crippen LogP contribution is -2.15. The molecule has 3 heteroatoms. The highest BCUT2D eigenvalue weighted by atomic mass is 16.5. The van der Waals surface area contributed by atoms with E-state index < -0.39 is 5.97 Å². The number of rotatable bonds is 5. The van der Waals surface area contributed by atoms with E-state index in [1.165, 1.54) is 0 Å². The Morgan fingerprint density at radius 3 is 2.42 bits per heavy atom. The number of ether oxygens (including phenoxy) is 1. The van der Waals surface area contributed by atoms with Gasteiger partial charge in [-0.1, -0.05) is 32.9 Å². The average molecular weight is 264 g/mol. The molecule has 106 valence electrons. The first-order chi connectivity index (χ1) is 8.75. The molecule has 0 amide bonds. The first-order valence-electron chi connectivity index (χ1n) is 6.74. The standard InChI is InChI=1S/C16H24O3/c1-6-19-15-11(2)9-12(7-8-14(17)18)10-13(15)16(3,4)5/h9-10H,6-8H2,1-5H3,(H,17,18). The summed E-state index contributed by atoms with van der Waals surface area (Å²) in [6.45, 7) is 11.1. The highest BCUT2D eigenvalue weighted by molar-refractivity contribution is 5.67. The van der Waals surface area contributed by atoms with Crippen LogP contribution >= 0.6 is 0 Å². The molecule has 0 aromatic heterocycles. The minimum atomic E-state index is -0.760. The van der Waals surface area contributed by atoms with Crippen LogP contribution in [-0.4, -0.2) is 17.7 Å². The van der Waals surface area contributed by atoms with Crippen LogP contribution in [0, 0.1) is 6.92 Å². The highest BCUT2D eigenvalue weighted by Crippen LogP contribution is 2.35. The summed E-state index contributed by atoms with van der Waals surface area (Å²) in [5.41, 5.74) is 3.27. The van der Waals surface area contributed by atoms with Gasteiger partial charge < -0.3 is 9.84 Å². The predicted molar refractivity (Wildman–Crippen MR) is 77.0 cm³/mol. The fraction of sp³-hybridized carbons (Fsp3) is 0.562. The molecule has 0 aliphatic heterocycles. The summed E-state index contributed by atoms with van der Waals surface area (Å²) < 4.78 is 5.76. The van der Waals surface area contributed by atoms with Crippen molar-refractivity contribution in [1.29, 1.82) is 0 Å². The molecule has 0 radical (unpaired) electrons. The van der Waals surface area contributed by atoms with E-state index >= 15 is 0 Å². The molecule has 1 aromatic rings. The van der Waals surface area contributed by atoms with Crippen molar-refractivity contribution in [3.05, 3.63) is 28.8 Å². The second kappa shape index (κ2) is 6.09. The zero-order chi connectivity index (χ0) is 14.6. The number of hydrogen-bond donors (Lipinski definition) is 1. The lowest BCUT2D eigenvalue weighted by atomic mass is 9.83. The van der Waals surface area contributed by atoms with E-state index in [1.807, 2.05) is 19.9 Å². The molecular formula is C16H24O3. The van der Waals surface area contributed by atoms with Crippen LogP contribution in [0.1, 0.15) is 50.8 Å². The Kier molecular flexibility index (Phi) is 4.98. The van der Waals surface area contributed by atoms with Crippen LogP contribution in [0.4, 0.5) is 0 Å². The maximum atomic E-state index is 10.7. The average Bonchev–Trinajstić information content (AvgIpc) is 2.28. The molecule has 0 heterocycles. The molecule has 0 bridgehead atoms. The van der Waals surface area contributed by atoms with E-state index in [9.17, 15) is 4.79 Å². The van der Waals surface area contributed by atoms with Gasteiger partial charge in [0.25, 0.3) is 0 Å². The Bertz CT molecular complexity index is 456. The van der Waals surface area contributed by atoms with Gasteiger partial charge in [-0.25, -0.2) is 0 Å². The minimum absolute atomic E-state index is 0.0193. The molecule has 0 aliphatic rings. The smallest absolute Gasteiger partial charge is 0.303 e. The second-order valence-electron chi connectivity index (χ2n) is 5.87. The fourth-order valence-corrected chi connectivity index (χ4v) is 2.14. The Labute approximate surface area is 115 Å². The van der Waals surface area contributed by atoms with Crippen molar-refractivity contribution in [2.24, 2.45) is 0 Å². The third-order valence-electron chi connectivity index (χ3n) is 3.06. The van der Waals surface area contributed by atoms with Crippen LogP contribution in [-0.2, 0) is 16.6 Å². The summed E-state index contributed by atoms with van der Waals surface area (Å²) in [5.74, 6) is 0.179. The van der Waals surface area contributed by atoms with E-state index in [1.54, 1.807) is 0 Å². The third-order valence-corrected chi connectivity index (χ3v) is 3.06. The van der Waals surface area contributed by atoms with Gasteiger partial charge in [0, 0.05) is 12.0 Å². The predicted octanol–water partition coefficient (Wildman–Crippen LogP) is 3.71. The third kappa shape index (κ3) is 4.27. The van der Waals surface area contributed by atoms with Gasteiger partial charge in [-0.3, -0.25) is 4.79 Å². The van der Waals surface area contributed by atoms with Crippen LogP contribution in [0.2, 0.25) is 0 Å². The van der Waals surface area contributed by atoms with Crippen LogP contribution in [0.5, 0.6) is 5.75 Å². The number of benzene rings is 1. The SMILES string of the molecule is CCOc1c(C)cc(CCC(=O)O)cc1C(C)(C)C. The maximum Gasteiger partial charge on any atom is 0.303 e. The monoisotopic (exact) mass is 264 g/mol. The fourth-order valence-electron chi connectivity index (χ4n) is 2.14. The number of carboxylic acids is 1. The molecule has 0 saturated heterocycles. The van der Waals surface area contributed by atoms with E-state index in [0.717, 1.165) is 22.4 Å². The van der Waals surface area contributed by atoms with Gasteiger partial charge in [0.05, 0.1) is 6.61 Å². The van der Waals surface area contributed by atoms with E-state index in [4.69, 9.17) is 9.84 Å². The summed E-state index contributed by atoms with van der Waals surface area (Å²) >= 11 is 0. The molecule has 0 spiro atoms. The molecule has 3 nitrogen and oxygen atoms in total. The molecular weight excluding hydrogens is 240 g/mol. The largest absolute Gasteiger partial charge is 0.493 e. The van der Waals surface area contributed by atoms with Gasteiger partial charge in [0.15, 0.2) is 0 Å². The van der Waals surface area contributed by atoms with E-state index in [2.05, 4.69) is 26.8 Å². The van der Waals surface area contributed by atoms with Gasteiger partial charge in [0.1, 0.15) is 5.75 Å². The highest BCUT2D eigenvalue weighted by Gasteiger charge is 2.21. The summed E-state index contributed by atoms with van der Waals surface area (Å²) in [4.78, 5) is 10.7. The molecule has 1 aromatic carbocycles. The number of aryl methyl sites for hydroxylation is 2. The van der Waals surface area contributed by atoms with Gasteiger partial charge in [0.2, 0.25) is 0 Å². The molecule has 1 N–H and O–H groups in total. The van der Waals surface area contributed by atoms with Crippen molar-refractivity contribution < 1.29 is 14.6 Å². The van der Waals surface area contributed by atoms with Crippen LogP contribution in [0.25, 0.3) is 0 Å². The number of hydrogen-bond acceptors (Lipinski definition) is 2. The molecule has 0 aliphatic carbocycles. The molecule has 0 fully saturated rings. The van der Waals surface area contributed by atoms with Crippen LogP contribution in [0.3, 0.4) is 0 Å². The van der Waals surface area contributed by atoms with Crippen LogP contribution < -0.4 is 4.74 Å². The summed E-state index contributed by atoms with van der Waals surface area (Å²) in [6.07, 6.45) is 0.725. The van der Waals surface area contributed by atoms with Gasteiger partial charge in [-0.15, -0.1) is 0 Å². The van der Waals surface area contributed by atoms with Crippen molar-refractivity contribution in [3.63, 3.8) is 0 Å². The number of aliphatic carboxylic acids is 1.